The first-order chi connectivity index (χ1) is 11.3. The van der Waals surface area contributed by atoms with Crippen LogP contribution in [0.1, 0.15) is 70.6 Å². The molecule has 3 aliphatic carbocycles. The van der Waals surface area contributed by atoms with Crippen LogP contribution in [0.4, 0.5) is 0 Å². The lowest BCUT2D eigenvalue weighted by molar-refractivity contribution is -0.111. The molecule has 2 saturated carbocycles. The fraction of sp³-hybridized carbons (Fsp3) is 0.700. The van der Waals surface area contributed by atoms with E-state index >= 15 is 0 Å². The number of aliphatic hydroxyl groups excluding tert-OH is 1. The summed E-state index contributed by atoms with van der Waals surface area (Å²) >= 11 is 0. The van der Waals surface area contributed by atoms with E-state index in [1.165, 1.54) is 25.7 Å². The predicted molar refractivity (Wildman–Crippen MR) is 91.8 cm³/mol. The van der Waals surface area contributed by atoms with E-state index in [2.05, 4.69) is 12.2 Å². The van der Waals surface area contributed by atoms with Gasteiger partial charge in [0.2, 0.25) is 0 Å². The topological polar surface area (TPSA) is 38.7 Å². The molecule has 3 heteroatoms. The third-order valence-electron chi connectivity index (χ3n) is 5.11. The van der Waals surface area contributed by atoms with E-state index in [0.29, 0.717) is 6.10 Å². The van der Waals surface area contributed by atoms with Crippen LogP contribution in [-0.4, -0.2) is 23.6 Å². The van der Waals surface area contributed by atoms with Gasteiger partial charge in [-0.2, -0.15) is 0 Å². The van der Waals surface area contributed by atoms with E-state index in [9.17, 15) is 5.11 Å². The highest BCUT2D eigenvalue weighted by Crippen LogP contribution is 2.28. The van der Waals surface area contributed by atoms with Gasteiger partial charge in [-0.25, -0.2) is 0 Å². The van der Waals surface area contributed by atoms with Gasteiger partial charge in [0.1, 0.15) is 5.76 Å². The Balaban J connectivity index is 1.67. The molecule has 2 fully saturated rings. The summed E-state index contributed by atoms with van der Waals surface area (Å²) in [6.45, 7) is 0. The van der Waals surface area contributed by atoms with Crippen LogP contribution in [0.2, 0.25) is 0 Å². The molecule has 0 aromatic carbocycles. The number of hydrogen-bond acceptors (Lipinski definition) is 3. The Hall–Kier alpha value is -1.06. The summed E-state index contributed by atoms with van der Waals surface area (Å²) in [4.78, 5) is 0. The third-order valence-corrected chi connectivity index (χ3v) is 5.11. The Labute approximate surface area is 140 Å². The maximum atomic E-state index is 10.5. The van der Waals surface area contributed by atoms with Crippen LogP contribution >= 0.6 is 0 Å². The van der Waals surface area contributed by atoms with E-state index in [1.807, 2.05) is 12.2 Å². The number of rotatable bonds is 5. The van der Waals surface area contributed by atoms with E-state index in [1.54, 1.807) is 0 Å². The molecule has 0 bridgehead atoms. The first-order valence-electron chi connectivity index (χ1n) is 9.39. The van der Waals surface area contributed by atoms with Crippen LogP contribution in [0.25, 0.3) is 0 Å². The molecule has 1 unspecified atom stereocenters. The number of ether oxygens (including phenoxy) is 2. The van der Waals surface area contributed by atoms with E-state index < -0.39 is 6.29 Å². The Kier molecular flexibility index (Phi) is 6.35. The fourth-order valence-electron chi connectivity index (χ4n) is 3.75. The second kappa shape index (κ2) is 8.70. The van der Waals surface area contributed by atoms with Gasteiger partial charge in [0.05, 0.1) is 12.2 Å². The zero-order valence-corrected chi connectivity index (χ0v) is 14.1. The highest BCUT2D eigenvalue weighted by atomic mass is 16.6. The molecule has 0 saturated heterocycles. The Morgan fingerprint density at radius 3 is 2.39 bits per heavy atom. The van der Waals surface area contributed by atoms with Crippen molar-refractivity contribution in [1.82, 2.24) is 0 Å². The molecule has 0 radical (unpaired) electrons. The third kappa shape index (κ3) is 5.22. The van der Waals surface area contributed by atoms with Crippen LogP contribution in [-0.2, 0) is 9.47 Å². The van der Waals surface area contributed by atoms with Gasteiger partial charge in [-0.3, -0.25) is 0 Å². The maximum Gasteiger partial charge on any atom is 0.177 e. The van der Waals surface area contributed by atoms with Crippen molar-refractivity contribution in [2.24, 2.45) is 0 Å². The van der Waals surface area contributed by atoms with Crippen LogP contribution in [0.15, 0.2) is 35.6 Å². The minimum Gasteiger partial charge on any atom is -0.490 e. The Morgan fingerprint density at radius 1 is 0.957 bits per heavy atom. The SMILES string of the molecule is OC(OC1CCCC1)/C1=C/C(OC2CCCC2)=C\C=C/CCC1. The molecule has 0 heterocycles. The number of aliphatic hydroxyl groups is 1. The molecule has 128 valence electrons. The average molecular weight is 318 g/mol. The van der Waals surface area contributed by atoms with E-state index in [-0.39, 0.29) is 6.10 Å². The molecule has 3 rings (SSSR count). The molecule has 0 aromatic rings. The van der Waals surface area contributed by atoms with Gasteiger partial charge in [0.25, 0.3) is 0 Å². The minimum atomic E-state index is -0.785. The molecule has 0 amide bonds. The molecule has 3 aliphatic rings. The molecule has 0 aliphatic heterocycles. The van der Waals surface area contributed by atoms with Crippen molar-refractivity contribution in [3.63, 3.8) is 0 Å². The van der Waals surface area contributed by atoms with Gasteiger partial charge in [-0.05, 0) is 75.5 Å². The van der Waals surface area contributed by atoms with E-state index in [0.717, 1.165) is 56.3 Å². The highest BCUT2D eigenvalue weighted by Gasteiger charge is 2.22. The van der Waals surface area contributed by atoms with Gasteiger partial charge in [0, 0.05) is 0 Å². The second-order valence-corrected chi connectivity index (χ2v) is 7.03. The summed E-state index contributed by atoms with van der Waals surface area (Å²) in [7, 11) is 0. The summed E-state index contributed by atoms with van der Waals surface area (Å²) in [5.41, 5.74) is 0.963. The maximum absolute atomic E-state index is 10.5. The fourth-order valence-corrected chi connectivity index (χ4v) is 3.75. The minimum absolute atomic E-state index is 0.222. The largest absolute Gasteiger partial charge is 0.490 e. The highest BCUT2D eigenvalue weighted by molar-refractivity contribution is 5.25. The van der Waals surface area contributed by atoms with Crippen molar-refractivity contribution >= 4 is 0 Å². The van der Waals surface area contributed by atoms with Crippen molar-refractivity contribution in [3.8, 4) is 0 Å². The zero-order valence-electron chi connectivity index (χ0n) is 14.1. The molecule has 3 nitrogen and oxygen atoms in total. The summed E-state index contributed by atoms with van der Waals surface area (Å²) in [5.74, 6) is 0.874. The van der Waals surface area contributed by atoms with Crippen molar-refractivity contribution in [2.45, 2.75) is 89.1 Å². The molecule has 23 heavy (non-hydrogen) atoms. The number of hydrogen-bond donors (Lipinski definition) is 1. The summed E-state index contributed by atoms with van der Waals surface area (Å²) in [6, 6.07) is 0. The van der Waals surface area contributed by atoms with Gasteiger partial charge in [-0.15, -0.1) is 0 Å². The lowest BCUT2D eigenvalue weighted by Gasteiger charge is -2.21. The van der Waals surface area contributed by atoms with Gasteiger partial charge in [-0.1, -0.05) is 25.0 Å². The summed E-state index contributed by atoms with van der Waals surface area (Å²) in [5, 5.41) is 10.5. The van der Waals surface area contributed by atoms with Gasteiger partial charge < -0.3 is 14.6 Å². The van der Waals surface area contributed by atoms with Gasteiger partial charge in [0.15, 0.2) is 6.29 Å². The van der Waals surface area contributed by atoms with Crippen LogP contribution in [0, 0.1) is 0 Å². The molecular formula is C20H30O3. The smallest absolute Gasteiger partial charge is 0.177 e. The second-order valence-electron chi connectivity index (χ2n) is 7.03. The zero-order chi connectivity index (χ0) is 15.9. The average Bonchev–Trinajstić information content (AvgIpc) is 3.22. The molecule has 1 atom stereocenters. The summed E-state index contributed by atoms with van der Waals surface area (Å²) in [6.07, 6.45) is 20.4. The summed E-state index contributed by atoms with van der Waals surface area (Å²) < 4.78 is 12.1. The quantitative estimate of drug-likeness (QED) is 0.742. The molecule has 0 aromatic heterocycles. The molecule has 1 N–H and O–H groups in total. The monoisotopic (exact) mass is 318 g/mol. The predicted octanol–water partition coefficient (Wildman–Crippen LogP) is 4.77. The van der Waals surface area contributed by atoms with Crippen LogP contribution < -0.4 is 0 Å². The van der Waals surface area contributed by atoms with Crippen LogP contribution in [0.5, 0.6) is 0 Å². The van der Waals surface area contributed by atoms with Crippen molar-refractivity contribution < 1.29 is 14.6 Å². The molecular weight excluding hydrogens is 288 g/mol. The van der Waals surface area contributed by atoms with Crippen molar-refractivity contribution in [2.75, 3.05) is 0 Å². The van der Waals surface area contributed by atoms with E-state index in [4.69, 9.17) is 9.47 Å². The van der Waals surface area contributed by atoms with Crippen molar-refractivity contribution in [3.05, 3.63) is 35.6 Å². The normalized spacial score (nSPS) is 31.3. The Bertz CT molecular complexity index is 452. The standard InChI is InChI=1S/C20H30O3/c21-20(23-18-12-7-8-13-18)16-9-3-1-2-4-14-19(15-16)22-17-10-5-6-11-17/h2,4,14-15,17-18,20-21H,1,3,5-13H2/b4-2-,16-15+,19-14+. The first-order valence-corrected chi connectivity index (χ1v) is 9.39. The van der Waals surface area contributed by atoms with Gasteiger partial charge >= 0.3 is 0 Å². The Morgan fingerprint density at radius 2 is 1.65 bits per heavy atom. The lowest BCUT2D eigenvalue weighted by atomic mass is 10.1. The molecule has 0 spiro atoms. The lowest BCUT2D eigenvalue weighted by Crippen LogP contribution is -2.22. The first kappa shape index (κ1) is 16.8. The number of allylic oxidation sites excluding steroid dienone is 4. The van der Waals surface area contributed by atoms with Crippen molar-refractivity contribution in [1.29, 1.82) is 0 Å². The van der Waals surface area contributed by atoms with Crippen LogP contribution in [0.3, 0.4) is 0 Å².